The third-order valence-electron chi connectivity index (χ3n) is 4.89. The lowest BCUT2D eigenvalue weighted by molar-refractivity contribution is -0.120. The summed E-state index contributed by atoms with van der Waals surface area (Å²) in [6, 6.07) is 5.96. The number of hydrogen-bond acceptors (Lipinski definition) is 5. The van der Waals surface area contributed by atoms with Crippen LogP contribution in [0.25, 0.3) is 0 Å². The minimum absolute atomic E-state index is 0.0847. The van der Waals surface area contributed by atoms with Crippen molar-refractivity contribution in [2.75, 3.05) is 36.5 Å². The molecule has 6 nitrogen and oxygen atoms in total. The summed E-state index contributed by atoms with van der Waals surface area (Å²) < 4.78 is 18.6. The number of morpholine rings is 1. The van der Waals surface area contributed by atoms with Gasteiger partial charge >= 0.3 is 0 Å². The molecule has 1 aliphatic heterocycles. The molecule has 2 aliphatic rings. The molecule has 0 radical (unpaired) electrons. The smallest absolute Gasteiger partial charge is 0.227 e. The van der Waals surface area contributed by atoms with E-state index in [1.54, 1.807) is 12.1 Å². The van der Waals surface area contributed by atoms with Crippen molar-refractivity contribution in [3.63, 3.8) is 0 Å². The molecule has 4 rings (SSSR count). The summed E-state index contributed by atoms with van der Waals surface area (Å²) in [5, 5.41) is 2.80. The Labute approximate surface area is 151 Å². The summed E-state index contributed by atoms with van der Waals surface area (Å²) in [6.07, 6.45) is 3.93. The Kier molecular flexibility index (Phi) is 4.79. The van der Waals surface area contributed by atoms with Crippen molar-refractivity contribution >= 4 is 17.5 Å². The minimum Gasteiger partial charge on any atom is -0.378 e. The standard InChI is InChI=1S/C19H21FN4O2/c20-15-2-1-3-16(11-15)22-18(25)13-4-5-17-14(10-13)12-21-19(23-17)24-6-8-26-9-7-24/h1-3,11-13H,4-10H2,(H,22,25)/t13-/m0/s1. The van der Waals surface area contributed by atoms with Crippen molar-refractivity contribution in [1.29, 1.82) is 0 Å². The highest BCUT2D eigenvalue weighted by molar-refractivity contribution is 5.92. The van der Waals surface area contributed by atoms with Gasteiger partial charge in [0.2, 0.25) is 11.9 Å². The summed E-state index contributed by atoms with van der Waals surface area (Å²) in [5.74, 6) is 0.151. The molecule has 0 unspecified atom stereocenters. The lowest BCUT2D eigenvalue weighted by atomic mass is 9.86. The van der Waals surface area contributed by atoms with Crippen LogP contribution in [-0.4, -0.2) is 42.2 Å². The van der Waals surface area contributed by atoms with Crippen molar-refractivity contribution in [1.82, 2.24) is 9.97 Å². The molecule has 2 aromatic rings. The predicted molar refractivity (Wildman–Crippen MR) is 95.6 cm³/mol. The zero-order valence-electron chi connectivity index (χ0n) is 14.4. The van der Waals surface area contributed by atoms with Gasteiger partial charge in [-0.2, -0.15) is 0 Å². The van der Waals surface area contributed by atoms with Crippen LogP contribution in [0.5, 0.6) is 0 Å². The molecule has 1 amide bonds. The summed E-state index contributed by atoms with van der Waals surface area (Å²) >= 11 is 0. The number of fused-ring (bicyclic) bond motifs is 1. The number of hydrogen-bond donors (Lipinski definition) is 1. The lowest BCUT2D eigenvalue weighted by Crippen LogP contribution is -2.38. The van der Waals surface area contributed by atoms with Crippen molar-refractivity contribution in [3.05, 3.63) is 47.5 Å². The topological polar surface area (TPSA) is 67.4 Å². The number of amides is 1. The van der Waals surface area contributed by atoms with E-state index in [1.807, 2.05) is 6.20 Å². The van der Waals surface area contributed by atoms with Gasteiger partial charge in [-0.05, 0) is 43.0 Å². The van der Waals surface area contributed by atoms with E-state index in [4.69, 9.17) is 9.72 Å². The van der Waals surface area contributed by atoms with Gasteiger partial charge in [-0.15, -0.1) is 0 Å². The first-order valence-corrected chi connectivity index (χ1v) is 8.93. The Balaban J connectivity index is 1.43. The fourth-order valence-electron chi connectivity index (χ4n) is 3.45. The molecule has 7 heteroatoms. The van der Waals surface area contributed by atoms with Crippen LogP contribution in [0.3, 0.4) is 0 Å². The van der Waals surface area contributed by atoms with Gasteiger partial charge in [-0.3, -0.25) is 4.79 Å². The van der Waals surface area contributed by atoms with Crippen molar-refractivity contribution in [3.8, 4) is 0 Å². The Morgan fingerprint density at radius 3 is 2.96 bits per heavy atom. The van der Waals surface area contributed by atoms with E-state index in [0.717, 1.165) is 43.1 Å². The molecular weight excluding hydrogens is 335 g/mol. The number of carbonyl (C=O) groups excluding carboxylic acids is 1. The predicted octanol–water partition coefficient (Wildman–Crippen LogP) is 2.20. The van der Waals surface area contributed by atoms with E-state index in [9.17, 15) is 9.18 Å². The molecule has 1 atom stereocenters. The molecule has 136 valence electrons. The van der Waals surface area contributed by atoms with Crippen LogP contribution in [0.4, 0.5) is 16.0 Å². The quantitative estimate of drug-likeness (QED) is 0.913. The van der Waals surface area contributed by atoms with Crippen LogP contribution >= 0.6 is 0 Å². The van der Waals surface area contributed by atoms with Gasteiger partial charge in [0.25, 0.3) is 0 Å². The molecule has 1 saturated heterocycles. The first kappa shape index (κ1) is 16.9. The fourth-order valence-corrected chi connectivity index (χ4v) is 3.45. The SMILES string of the molecule is O=C(Nc1cccc(F)c1)[C@H]1CCc2nc(N3CCOCC3)ncc2C1. The van der Waals surface area contributed by atoms with Gasteiger partial charge in [0.15, 0.2) is 0 Å². The molecule has 1 N–H and O–H groups in total. The van der Waals surface area contributed by atoms with Crippen LogP contribution in [0.1, 0.15) is 17.7 Å². The Morgan fingerprint density at radius 1 is 1.31 bits per heavy atom. The van der Waals surface area contributed by atoms with E-state index in [1.165, 1.54) is 12.1 Å². The highest BCUT2D eigenvalue weighted by Crippen LogP contribution is 2.26. The molecule has 1 fully saturated rings. The van der Waals surface area contributed by atoms with Crippen LogP contribution < -0.4 is 10.2 Å². The van der Waals surface area contributed by atoms with Gasteiger partial charge in [0.1, 0.15) is 5.82 Å². The van der Waals surface area contributed by atoms with Crippen LogP contribution in [0, 0.1) is 11.7 Å². The Bertz CT molecular complexity index is 808. The van der Waals surface area contributed by atoms with E-state index in [-0.39, 0.29) is 17.6 Å². The van der Waals surface area contributed by atoms with E-state index in [0.29, 0.717) is 25.3 Å². The molecule has 2 heterocycles. The van der Waals surface area contributed by atoms with Crippen molar-refractivity contribution < 1.29 is 13.9 Å². The second-order valence-corrected chi connectivity index (χ2v) is 6.68. The fraction of sp³-hybridized carbons (Fsp3) is 0.421. The van der Waals surface area contributed by atoms with E-state index >= 15 is 0 Å². The lowest BCUT2D eigenvalue weighted by Gasteiger charge is -2.28. The molecular formula is C19H21FN4O2. The number of rotatable bonds is 3. The van der Waals surface area contributed by atoms with Crippen LogP contribution in [0.2, 0.25) is 0 Å². The number of carbonyl (C=O) groups is 1. The number of nitrogens with zero attached hydrogens (tertiary/aromatic N) is 3. The monoisotopic (exact) mass is 356 g/mol. The van der Waals surface area contributed by atoms with E-state index in [2.05, 4.69) is 15.2 Å². The Hall–Kier alpha value is -2.54. The van der Waals surface area contributed by atoms with Gasteiger partial charge < -0.3 is 15.0 Å². The van der Waals surface area contributed by atoms with Crippen molar-refractivity contribution in [2.24, 2.45) is 5.92 Å². The molecule has 26 heavy (non-hydrogen) atoms. The number of anilines is 2. The highest BCUT2D eigenvalue weighted by atomic mass is 19.1. The first-order valence-electron chi connectivity index (χ1n) is 8.93. The maximum absolute atomic E-state index is 13.3. The average molecular weight is 356 g/mol. The number of nitrogens with one attached hydrogen (secondary N) is 1. The number of benzene rings is 1. The van der Waals surface area contributed by atoms with Crippen LogP contribution in [0.15, 0.2) is 30.5 Å². The maximum Gasteiger partial charge on any atom is 0.227 e. The zero-order chi connectivity index (χ0) is 17.9. The number of halogens is 1. The third kappa shape index (κ3) is 3.67. The first-order chi connectivity index (χ1) is 12.7. The van der Waals surface area contributed by atoms with Crippen LogP contribution in [-0.2, 0) is 22.4 Å². The normalized spacial score (nSPS) is 19.7. The second-order valence-electron chi connectivity index (χ2n) is 6.68. The molecule has 1 aliphatic carbocycles. The largest absolute Gasteiger partial charge is 0.378 e. The summed E-state index contributed by atoms with van der Waals surface area (Å²) in [6.45, 7) is 3.00. The van der Waals surface area contributed by atoms with Gasteiger partial charge in [-0.25, -0.2) is 14.4 Å². The molecule has 0 saturated carbocycles. The maximum atomic E-state index is 13.3. The molecule has 0 spiro atoms. The van der Waals surface area contributed by atoms with Crippen molar-refractivity contribution in [2.45, 2.75) is 19.3 Å². The second kappa shape index (κ2) is 7.37. The summed E-state index contributed by atoms with van der Waals surface area (Å²) in [5.41, 5.74) is 2.53. The molecule has 0 bridgehead atoms. The number of aryl methyl sites for hydroxylation is 1. The average Bonchev–Trinajstić information content (AvgIpc) is 2.68. The van der Waals surface area contributed by atoms with E-state index < -0.39 is 0 Å². The summed E-state index contributed by atoms with van der Waals surface area (Å²) in [7, 11) is 0. The zero-order valence-corrected chi connectivity index (χ0v) is 14.4. The number of aromatic nitrogens is 2. The Morgan fingerprint density at radius 2 is 2.15 bits per heavy atom. The van der Waals surface area contributed by atoms with Gasteiger partial charge in [-0.1, -0.05) is 6.07 Å². The molecule has 1 aromatic carbocycles. The number of ether oxygens (including phenoxy) is 1. The highest BCUT2D eigenvalue weighted by Gasteiger charge is 2.27. The third-order valence-corrected chi connectivity index (χ3v) is 4.89. The molecule has 1 aromatic heterocycles. The minimum atomic E-state index is -0.360. The van der Waals surface area contributed by atoms with Gasteiger partial charge in [0.05, 0.1) is 13.2 Å². The van der Waals surface area contributed by atoms with Gasteiger partial charge in [0, 0.05) is 36.6 Å². The summed E-state index contributed by atoms with van der Waals surface area (Å²) in [4.78, 5) is 23.8.